The lowest BCUT2D eigenvalue weighted by Crippen LogP contribution is -2.68. The Balaban J connectivity index is 1.11. The third-order valence-electron chi connectivity index (χ3n) is 21.4. The molecule has 6 saturated heterocycles. The quantitative estimate of drug-likeness (QED) is 0.0492. The van der Waals surface area contributed by atoms with Crippen molar-refractivity contribution >= 4 is 113 Å². The lowest BCUT2D eigenvalue weighted by atomic mass is 9.95. The van der Waals surface area contributed by atoms with Gasteiger partial charge in [0.15, 0.2) is 135 Å². The molecule has 6 heterocycles. The Hall–Kier alpha value is -13.7. The predicted octanol–water partition coefficient (Wildman–Crippen LogP) is 1.92. The van der Waals surface area contributed by atoms with Crippen LogP contribution in [-0.2, 0) is 214 Å². The third kappa shape index (κ3) is 31.7. The minimum atomic E-state index is -2.53. The summed E-state index contributed by atoms with van der Waals surface area (Å²) in [6.45, 7) is 6.80. The maximum atomic E-state index is 14.7. The molecule has 0 amide bonds. The molecule has 6 aliphatic heterocycles. The monoisotopic (exact) mass is 2040 g/mol. The van der Waals surface area contributed by atoms with Gasteiger partial charge in [-0.1, -0.05) is 72.8 Å². The van der Waals surface area contributed by atoms with Gasteiger partial charge in [-0.25, -0.2) is 19.2 Å². The lowest BCUT2D eigenvalue weighted by molar-refractivity contribution is -0.377. The van der Waals surface area contributed by atoms with Gasteiger partial charge in [0.2, 0.25) is 0 Å². The highest BCUT2D eigenvalue weighted by Gasteiger charge is 2.63. The smallest absolute Gasteiger partial charge is 0.338 e. The summed E-state index contributed by atoms with van der Waals surface area (Å²) in [7, 11) is 0. The molecule has 4 aromatic rings. The Morgan fingerprint density at radius 2 is 0.382 bits per heavy atom. The molecule has 0 spiro atoms. The standard InChI is InChI=1S/C94H108O50/c1-42(95)115-36-62-68(122-45(4)98)74(126-49(8)102)80(130-53(12)106)90(135-62)119-40-65-71(125-48(7)101)78(144-94-84(133-56(15)109)75(127-50(9)103)69(123-46(5)99)63(138-94)37-116-43(2)96)81(131-54(13)107)91(137-65)120-41-66-70(124-47(6)100)76(128-51(10)104)83(132-55(14)108)93(139-66)143-73-67(121-44(3)97)61(134-89(114)79(73)129-52(11)105)39-118-92-82(142-88(113)60-34-26-19-27-35-60)77(141-87(112)59-32-24-18-25-33-59)72(140-86(111)58-30-22-17-23-31-58)64(136-92)38-117-85(110)57-28-20-16-21-29-57/h16-35,61-84,89-94,114H,36-41H2,1-15H3/t61-,62+,63+,64-,65+,66+,67+,68+,69+,70+,71+,72?,73-,74+,75+,76+,77+,78+,79+,80+,81+,82-,83+,84+,89+,90-,91-,92-,93+,94+/m1/s1. The van der Waals surface area contributed by atoms with Gasteiger partial charge in [-0.05, 0) is 48.5 Å². The minimum Gasteiger partial charge on any atom is -0.463 e. The van der Waals surface area contributed by atoms with Crippen molar-refractivity contribution in [3.8, 4) is 0 Å². The zero-order valence-corrected chi connectivity index (χ0v) is 80.1. The van der Waals surface area contributed by atoms with Crippen LogP contribution in [0.1, 0.15) is 145 Å². The molecule has 50 heteroatoms. The Bertz CT molecular complexity index is 5170. The maximum absolute atomic E-state index is 14.7. The number of carbonyl (C=O) groups is 19. The van der Waals surface area contributed by atoms with E-state index in [1.54, 1.807) is 24.3 Å². The van der Waals surface area contributed by atoms with Crippen molar-refractivity contribution in [1.82, 2.24) is 0 Å². The summed E-state index contributed by atoms with van der Waals surface area (Å²) in [5.41, 5.74) is -0.355. The topological polar surface area (TPSA) is 621 Å². The van der Waals surface area contributed by atoms with Crippen LogP contribution < -0.4 is 0 Å². The first-order chi connectivity index (χ1) is 68.3. The van der Waals surface area contributed by atoms with Gasteiger partial charge in [0.05, 0.1) is 42.1 Å². The Morgan fingerprint density at radius 1 is 0.194 bits per heavy atom. The normalized spacial score (nSPS) is 30.1. The number of ether oxygens (including phenoxy) is 30. The Labute approximate surface area is 819 Å². The van der Waals surface area contributed by atoms with Gasteiger partial charge in [0.25, 0.3) is 0 Å². The lowest BCUT2D eigenvalue weighted by Gasteiger charge is -2.50. The molecule has 0 aliphatic carbocycles. The molecule has 0 radical (unpaired) electrons. The SMILES string of the molecule is CC(=O)OC[C@@H]1O[C@@H](OC[C@@H]2O[C@@H](OC[C@@H]3O[C@@H](O[C@@H]4[C@@H](OC(C)=O)[C@@H](CO[C@@H]5O[C@H](COC(=O)c6ccccc6)C(OC(=O)c6ccccc6)[C@H](OC(=O)c6ccccc6)[C@H]5OC(=O)c5ccccc5)O[C@H](O)[C@H]4OC(C)=O)[C@@H](OC(C)=O)[C@@H](OC(C)=O)[C@H]3OC(C)=O)[C@@H](OC(C)=O)[C@@H](O[C@@H]3O[C@@H](COC(C)=O)[C@H](OC(C)=O)[C@H](OC(C)=O)[C@@H]3OC(C)=O)[C@H]2OC(C)=O)[C@@H](OC(C)=O)[C@@H](OC(C)=O)[C@H]1OC(C)=O. The second-order valence-corrected chi connectivity index (χ2v) is 32.7. The summed E-state index contributed by atoms with van der Waals surface area (Å²) in [5.74, 6) is -21.9. The molecular formula is C94H108O50. The first kappa shape index (κ1) is 112. The number of esters is 19. The molecule has 30 atom stereocenters. The largest absolute Gasteiger partial charge is 0.463 e. The van der Waals surface area contributed by atoms with E-state index in [9.17, 15) is 96.2 Å². The van der Waals surface area contributed by atoms with Crippen molar-refractivity contribution < 1.29 is 238 Å². The number of carbonyl (C=O) groups excluding carboxylic acids is 19. The number of aliphatic hydroxyl groups excluding tert-OH is 1. The summed E-state index contributed by atoms with van der Waals surface area (Å²) < 4.78 is 182. The zero-order valence-electron chi connectivity index (χ0n) is 80.1. The molecule has 0 aromatic heterocycles. The number of hydrogen-bond donors (Lipinski definition) is 1. The van der Waals surface area contributed by atoms with E-state index in [0.29, 0.717) is 0 Å². The van der Waals surface area contributed by atoms with Crippen LogP contribution in [0.2, 0.25) is 0 Å². The highest BCUT2D eigenvalue weighted by Crippen LogP contribution is 2.42. The number of benzene rings is 4. The number of rotatable bonds is 39. The van der Waals surface area contributed by atoms with Crippen molar-refractivity contribution in [3.63, 3.8) is 0 Å². The van der Waals surface area contributed by atoms with Crippen LogP contribution in [-0.4, -0.2) is 342 Å². The van der Waals surface area contributed by atoms with E-state index in [4.69, 9.17) is 142 Å². The first-order valence-electron chi connectivity index (χ1n) is 44.6. The van der Waals surface area contributed by atoms with Gasteiger partial charge in [0.1, 0.15) is 68.7 Å². The number of aliphatic hydroxyl groups is 1. The summed E-state index contributed by atoms with van der Waals surface area (Å²) in [4.78, 5) is 259. The van der Waals surface area contributed by atoms with Gasteiger partial charge >= 0.3 is 113 Å². The van der Waals surface area contributed by atoms with Crippen LogP contribution in [0.4, 0.5) is 0 Å². The van der Waals surface area contributed by atoms with Crippen molar-refractivity contribution in [1.29, 1.82) is 0 Å². The van der Waals surface area contributed by atoms with Crippen LogP contribution in [0.5, 0.6) is 0 Å². The van der Waals surface area contributed by atoms with Gasteiger partial charge < -0.3 is 147 Å². The van der Waals surface area contributed by atoms with Gasteiger partial charge in [-0.15, -0.1) is 0 Å². The molecule has 4 aromatic carbocycles. The van der Waals surface area contributed by atoms with Crippen LogP contribution in [0.3, 0.4) is 0 Å². The fraction of sp³-hybridized carbons (Fsp3) is 0.543. The van der Waals surface area contributed by atoms with E-state index in [1.807, 2.05) is 0 Å². The second-order valence-electron chi connectivity index (χ2n) is 32.7. The van der Waals surface area contributed by atoms with Crippen molar-refractivity contribution in [2.24, 2.45) is 0 Å². The molecular weight excluding hydrogens is 1930 g/mol. The fourth-order valence-electron chi connectivity index (χ4n) is 16.0. The molecule has 6 aliphatic rings. The number of hydrogen-bond acceptors (Lipinski definition) is 50. The molecule has 0 saturated carbocycles. The summed E-state index contributed by atoms with van der Waals surface area (Å²) in [6.07, 6.45) is -64.8. The van der Waals surface area contributed by atoms with Crippen molar-refractivity contribution in [3.05, 3.63) is 144 Å². The van der Waals surface area contributed by atoms with E-state index in [2.05, 4.69) is 0 Å². The zero-order chi connectivity index (χ0) is 105. The predicted molar refractivity (Wildman–Crippen MR) is 461 cm³/mol. The molecule has 0 bridgehead atoms. The Kier molecular flexibility index (Phi) is 41.0. The second kappa shape index (κ2) is 52.5. The molecule has 6 fully saturated rings. The molecule has 1 unspecified atom stereocenters. The van der Waals surface area contributed by atoms with Gasteiger partial charge in [0, 0.05) is 104 Å². The van der Waals surface area contributed by atoms with Gasteiger partial charge in [-0.2, -0.15) is 0 Å². The molecule has 1 N–H and O–H groups in total. The summed E-state index contributed by atoms with van der Waals surface area (Å²) >= 11 is 0. The molecule has 10 rings (SSSR count). The molecule has 784 valence electrons. The van der Waals surface area contributed by atoms with E-state index in [0.717, 1.165) is 104 Å². The summed E-state index contributed by atoms with van der Waals surface area (Å²) in [6, 6.07) is 29.1. The van der Waals surface area contributed by atoms with Crippen LogP contribution in [0.25, 0.3) is 0 Å². The van der Waals surface area contributed by atoms with Crippen LogP contribution in [0.15, 0.2) is 121 Å². The molecule has 144 heavy (non-hydrogen) atoms. The van der Waals surface area contributed by atoms with Crippen molar-refractivity contribution in [2.75, 3.05) is 39.6 Å². The summed E-state index contributed by atoms with van der Waals surface area (Å²) in [5, 5.41) is 12.4. The third-order valence-corrected chi connectivity index (χ3v) is 21.4. The van der Waals surface area contributed by atoms with Gasteiger partial charge in [-0.3, -0.25) is 71.9 Å². The maximum Gasteiger partial charge on any atom is 0.338 e. The van der Waals surface area contributed by atoms with E-state index in [-0.39, 0.29) is 22.3 Å². The highest BCUT2D eigenvalue weighted by atomic mass is 16.8. The fourth-order valence-corrected chi connectivity index (χ4v) is 16.0. The molecule has 50 nitrogen and oxygen atoms in total. The highest BCUT2D eigenvalue weighted by molar-refractivity contribution is 5.92. The van der Waals surface area contributed by atoms with E-state index < -0.39 is 337 Å². The van der Waals surface area contributed by atoms with E-state index in [1.165, 1.54) is 97.1 Å². The van der Waals surface area contributed by atoms with Crippen LogP contribution in [0, 0.1) is 0 Å². The minimum absolute atomic E-state index is 0.00148. The Morgan fingerprint density at radius 3 is 0.674 bits per heavy atom. The van der Waals surface area contributed by atoms with E-state index >= 15 is 0 Å². The average Bonchev–Trinajstić information content (AvgIpc) is 0.737. The van der Waals surface area contributed by atoms with Crippen molar-refractivity contribution in [2.45, 2.75) is 288 Å². The first-order valence-corrected chi connectivity index (χ1v) is 44.6. The average molecular weight is 2040 g/mol. The van der Waals surface area contributed by atoms with Crippen LogP contribution >= 0.6 is 0 Å².